The maximum atomic E-state index is 11.0. The van der Waals surface area contributed by atoms with Gasteiger partial charge in [0.25, 0.3) is 5.91 Å². The summed E-state index contributed by atoms with van der Waals surface area (Å²) >= 11 is 0. The number of carbonyl (C=O) groups excluding carboxylic acids is 1. The molecular formula is C8H16N2O2. The standard InChI is InChI=1S/C8H16N2O2/c1-5-7(11)8(12)9-6(2)10(3)4/h7,11H,5H2,1-4H3/b9-6+. The van der Waals surface area contributed by atoms with Crippen LogP contribution in [0.3, 0.4) is 0 Å². The Morgan fingerprint density at radius 1 is 1.58 bits per heavy atom. The molecule has 0 aromatic carbocycles. The molecule has 1 amide bonds. The first kappa shape index (κ1) is 11.1. The predicted molar refractivity (Wildman–Crippen MR) is 48.1 cm³/mol. The van der Waals surface area contributed by atoms with Gasteiger partial charge in [-0.15, -0.1) is 0 Å². The maximum absolute atomic E-state index is 11.0. The number of amides is 1. The van der Waals surface area contributed by atoms with Crippen LogP contribution >= 0.6 is 0 Å². The molecule has 1 atom stereocenters. The number of aliphatic hydroxyl groups is 1. The predicted octanol–water partition coefficient (Wildman–Crippen LogP) is 0.264. The summed E-state index contributed by atoms with van der Waals surface area (Å²) in [7, 11) is 3.59. The average molecular weight is 172 g/mol. The van der Waals surface area contributed by atoms with Crippen LogP contribution in [-0.2, 0) is 4.79 Å². The van der Waals surface area contributed by atoms with E-state index in [1.54, 1.807) is 32.8 Å². The molecule has 1 N–H and O–H groups in total. The highest BCUT2D eigenvalue weighted by Crippen LogP contribution is 1.94. The molecule has 70 valence electrons. The second-order valence-corrected chi connectivity index (χ2v) is 2.82. The van der Waals surface area contributed by atoms with Crippen molar-refractivity contribution in [3.63, 3.8) is 0 Å². The first-order valence-corrected chi connectivity index (χ1v) is 3.93. The molecule has 0 fully saturated rings. The van der Waals surface area contributed by atoms with E-state index in [0.717, 1.165) is 0 Å². The highest BCUT2D eigenvalue weighted by molar-refractivity contribution is 5.94. The zero-order chi connectivity index (χ0) is 9.72. The molecule has 0 aromatic heterocycles. The summed E-state index contributed by atoms with van der Waals surface area (Å²) in [6, 6.07) is 0. The summed E-state index contributed by atoms with van der Waals surface area (Å²) in [6.45, 7) is 3.46. The number of hydrogen-bond acceptors (Lipinski definition) is 2. The van der Waals surface area contributed by atoms with E-state index < -0.39 is 12.0 Å². The van der Waals surface area contributed by atoms with Gasteiger partial charge >= 0.3 is 0 Å². The van der Waals surface area contributed by atoms with Gasteiger partial charge < -0.3 is 10.0 Å². The quantitative estimate of drug-likeness (QED) is 0.480. The van der Waals surface area contributed by atoms with Gasteiger partial charge in [0.05, 0.1) is 0 Å². The molecule has 0 bridgehead atoms. The minimum atomic E-state index is -0.958. The Labute approximate surface area is 72.9 Å². The normalized spacial score (nSPS) is 14.2. The van der Waals surface area contributed by atoms with Crippen molar-refractivity contribution >= 4 is 11.7 Å². The third-order valence-corrected chi connectivity index (χ3v) is 1.59. The molecule has 12 heavy (non-hydrogen) atoms. The van der Waals surface area contributed by atoms with E-state index in [9.17, 15) is 4.79 Å². The van der Waals surface area contributed by atoms with Crippen molar-refractivity contribution < 1.29 is 9.90 Å². The van der Waals surface area contributed by atoms with Crippen LogP contribution in [-0.4, -0.2) is 41.9 Å². The van der Waals surface area contributed by atoms with Crippen molar-refractivity contribution in [3.05, 3.63) is 0 Å². The fourth-order valence-corrected chi connectivity index (χ4v) is 0.509. The third-order valence-electron chi connectivity index (χ3n) is 1.59. The monoisotopic (exact) mass is 172 g/mol. The van der Waals surface area contributed by atoms with Gasteiger partial charge in [-0.05, 0) is 13.3 Å². The van der Waals surface area contributed by atoms with Gasteiger partial charge in [-0.3, -0.25) is 4.79 Å². The van der Waals surface area contributed by atoms with E-state index in [4.69, 9.17) is 5.11 Å². The minimum absolute atomic E-state index is 0.406. The number of aliphatic imine (C=N–C) groups is 1. The van der Waals surface area contributed by atoms with Crippen molar-refractivity contribution in [2.24, 2.45) is 4.99 Å². The van der Waals surface area contributed by atoms with Crippen molar-refractivity contribution in [1.29, 1.82) is 0 Å². The number of rotatable bonds is 2. The van der Waals surface area contributed by atoms with Crippen LogP contribution in [0.5, 0.6) is 0 Å². The van der Waals surface area contributed by atoms with Crippen molar-refractivity contribution in [1.82, 2.24) is 4.90 Å². The Balaban J connectivity index is 4.23. The van der Waals surface area contributed by atoms with Crippen molar-refractivity contribution in [2.45, 2.75) is 26.4 Å². The molecule has 0 aliphatic carbocycles. The van der Waals surface area contributed by atoms with E-state index in [-0.39, 0.29) is 0 Å². The molecule has 0 aromatic rings. The molecule has 0 saturated carbocycles. The molecule has 4 nitrogen and oxygen atoms in total. The SMILES string of the molecule is CCC(O)C(=O)/N=C(\C)N(C)C. The summed E-state index contributed by atoms with van der Waals surface area (Å²) in [5, 5.41) is 9.08. The fourth-order valence-electron chi connectivity index (χ4n) is 0.509. The molecule has 0 spiro atoms. The number of nitrogens with zero attached hydrogens (tertiary/aromatic N) is 2. The van der Waals surface area contributed by atoms with E-state index >= 15 is 0 Å². The van der Waals surface area contributed by atoms with Crippen LogP contribution in [0, 0.1) is 0 Å². The Morgan fingerprint density at radius 2 is 2.08 bits per heavy atom. The van der Waals surface area contributed by atoms with Crippen LogP contribution in [0.2, 0.25) is 0 Å². The van der Waals surface area contributed by atoms with Gasteiger partial charge in [0.15, 0.2) is 0 Å². The molecule has 0 heterocycles. The molecule has 4 heteroatoms. The van der Waals surface area contributed by atoms with Gasteiger partial charge in [0.2, 0.25) is 0 Å². The Morgan fingerprint density at radius 3 is 2.42 bits per heavy atom. The summed E-state index contributed by atoms with van der Waals surface area (Å²) in [4.78, 5) is 16.4. The second-order valence-electron chi connectivity index (χ2n) is 2.82. The first-order valence-electron chi connectivity index (χ1n) is 3.93. The lowest BCUT2D eigenvalue weighted by Gasteiger charge is -2.11. The van der Waals surface area contributed by atoms with Crippen LogP contribution < -0.4 is 0 Å². The Hall–Kier alpha value is -0.900. The van der Waals surface area contributed by atoms with E-state index in [1.165, 1.54) is 0 Å². The second kappa shape index (κ2) is 4.87. The van der Waals surface area contributed by atoms with Crippen molar-refractivity contribution in [3.8, 4) is 0 Å². The van der Waals surface area contributed by atoms with Gasteiger partial charge in [-0.2, -0.15) is 4.99 Å². The minimum Gasteiger partial charge on any atom is -0.383 e. The maximum Gasteiger partial charge on any atom is 0.276 e. The molecule has 0 radical (unpaired) electrons. The molecule has 1 unspecified atom stereocenters. The average Bonchev–Trinajstić information content (AvgIpc) is 2.02. The lowest BCUT2D eigenvalue weighted by Crippen LogP contribution is -2.24. The largest absolute Gasteiger partial charge is 0.383 e. The number of aliphatic hydroxyl groups excluding tert-OH is 1. The van der Waals surface area contributed by atoms with Gasteiger partial charge in [0.1, 0.15) is 11.9 Å². The molecule has 0 aliphatic heterocycles. The van der Waals surface area contributed by atoms with Crippen LogP contribution in [0.1, 0.15) is 20.3 Å². The molecule has 0 aliphatic rings. The number of carbonyl (C=O) groups is 1. The highest BCUT2D eigenvalue weighted by Gasteiger charge is 2.11. The smallest absolute Gasteiger partial charge is 0.276 e. The zero-order valence-corrected chi connectivity index (χ0v) is 8.03. The molecular weight excluding hydrogens is 156 g/mol. The van der Waals surface area contributed by atoms with Gasteiger partial charge in [-0.25, -0.2) is 0 Å². The fraction of sp³-hybridized carbons (Fsp3) is 0.750. The van der Waals surface area contributed by atoms with E-state index in [2.05, 4.69) is 4.99 Å². The van der Waals surface area contributed by atoms with Crippen LogP contribution in [0.15, 0.2) is 4.99 Å². The van der Waals surface area contributed by atoms with Gasteiger partial charge in [-0.1, -0.05) is 6.92 Å². The van der Waals surface area contributed by atoms with E-state index in [1.807, 2.05) is 0 Å². The lowest BCUT2D eigenvalue weighted by molar-refractivity contribution is -0.125. The summed E-state index contributed by atoms with van der Waals surface area (Å²) in [6.07, 6.45) is -0.553. The topological polar surface area (TPSA) is 52.9 Å². The Kier molecular flexibility index (Phi) is 4.51. The van der Waals surface area contributed by atoms with Crippen LogP contribution in [0.25, 0.3) is 0 Å². The summed E-state index contributed by atoms with van der Waals surface area (Å²) in [5.41, 5.74) is 0. The highest BCUT2D eigenvalue weighted by atomic mass is 16.3. The van der Waals surface area contributed by atoms with Crippen molar-refractivity contribution in [2.75, 3.05) is 14.1 Å². The molecule has 0 saturated heterocycles. The van der Waals surface area contributed by atoms with E-state index in [0.29, 0.717) is 12.3 Å². The first-order chi connectivity index (χ1) is 5.49. The third kappa shape index (κ3) is 3.48. The zero-order valence-electron chi connectivity index (χ0n) is 8.03. The summed E-state index contributed by atoms with van der Waals surface area (Å²) < 4.78 is 0. The number of hydrogen-bond donors (Lipinski definition) is 1. The molecule has 0 rings (SSSR count). The van der Waals surface area contributed by atoms with Gasteiger partial charge in [0, 0.05) is 14.1 Å². The summed E-state index contributed by atoms with van der Waals surface area (Å²) in [5.74, 6) is 0.135. The Bertz CT molecular complexity index is 187. The van der Waals surface area contributed by atoms with Crippen LogP contribution in [0.4, 0.5) is 0 Å². The lowest BCUT2D eigenvalue weighted by atomic mass is 10.3. The number of amidine groups is 1.